The van der Waals surface area contributed by atoms with Crippen molar-refractivity contribution >= 4 is 15.9 Å². The van der Waals surface area contributed by atoms with Crippen molar-refractivity contribution in [3.8, 4) is 0 Å². The number of nitrogens with zero attached hydrogens (tertiary/aromatic N) is 3. The second kappa shape index (κ2) is 7.21. The molecule has 1 saturated heterocycles. The maximum Gasteiger partial charge on any atom is 0.143 e. The van der Waals surface area contributed by atoms with E-state index >= 15 is 0 Å². The zero-order valence-corrected chi connectivity index (χ0v) is 12.4. The van der Waals surface area contributed by atoms with Crippen LogP contribution in [0.4, 0.5) is 0 Å². The lowest BCUT2D eigenvalue weighted by Gasteiger charge is -2.22. The van der Waals surface area contributed by atoms with Crippen LogP contribution in [-0.2, 0) is 27.8 Å². The molecule has 1 aliphatic heterocycles. The number of ether oxygens (including phenoxy) is 2. The van der Waals surface area contributed by atoms with E-state index in [9.17, 15) is 0 Å². The van der Waals surface area contributed by atoms with Gasteiger partial charge in [0.25, 0.3) is 0 Å². The second-order valence-electron chi connectivity index (χ2n) is 4.50. The first-order chi connectivity index (χ1) is 8.85. The molecule has 1 fully saturated rings. The van der Waals surface area contributed by atoms with Gasteiger partial charge in [-0.25, -0.2) is 0 Å². The fourth-order valence-electron chi connectivity index (χ4n) is 2.23. The van der Waals surface area contributed by atoms with Gasteiger partial charge in [-0.3, -0.25) is 0 Å². The molecule has 0 spiro atoms. The van der Waals surface area contributed by atoms with Gasteiger partial charge in [-0.1, -0.05) is 15.9 Å². The molecule has 0 amide bonds. The molecule has 0 saturated carbocycles. The van der Waals surface area contributed by atoms with Gasteiger partial charge in [0, 0.05) is 26.7 Å². The molecule has 1 aromatic heterocycles. The molecule has 2 heterocycles. The van der Waals surface area contributed by atoms with Crippen LogP contribution in [0.15, 0.2) is 0 Å². The second-order valence-corrected chi connectivity index (χ2v) is 5.06. The first-order valence-corrected chi connectivity index (χ1v) is 7.54. The van der Waals surface area contributed by atoms with Gasteiger partial charge in [0.1, 0.15) is 11.6 Å². The quantitative estimate of drug-likeness (QED) is 0.752. The highest BCUT2D eigenvalue weighted by atomic mass is 79.9. The molecule has 0 radical (unpaired) electrons. The van der Waals surface area contributed by atoms with Gasteiger partial charge in [-0.05, 0) is 19.3 Å². The monoisotopic (exact) mass is 317 g/mol. The van der Waals surface area contributed by atoms with Crippen molar-refractivity contribution in [2.75, 3.05) is 20.3 Å². The Labute approximate surface area is 116 Å². The van der Waals surface area contributed by atoms with E-state index < -0.39 is 0 Å². The zero-order valence-electron chi connectivity index (χ0n) is 10.8. The van der Waals surface area contributed by atoms with E-state index in [1.165, 1.54) is 12.8 Å². The van der Waals surface area contributed by atoms with Crippen LogP contribution in [0.5, 0.6) is 0 Å². The highest BCUT2D eigenvalue weighted by Crippen LogP contribution is 2.17. The van der Waals surface area contributed by atoms with Crippen molar-refractivity contribution in [1.82, 2.24) is 14.8 Å². The molecule has 0 aromatic carbocycles. The third-order valence-corrected chi connectivity index (χ3v) is 3.73. The average molecular weight is 318 g/mol. The summed E-state index contributed by atoms with van der Waals surface area (Å²) in [5.74, 6) is 1.96. The Balaban J connectivity index is 2.03. The number of methoxy groups -OCH3 is 1. The molecule has 102 valence electrons. The number of halogens is 1. The molecule has 6 heteroatoms. The molecule has 0 bridgehead atoms. The molecule has 1 unspecified atom stereocenters. The van der Waals surface area contributed by atoms with E-state index in [0.717, 1.165) is 43.0 Å². The van der Waals surface area contributed by atoms with E-state index in [1.54, 1.807) is 7.11 Å². The van der Waals surface area contributed by atoms with E-state index in [2.05, 4.69) is 30.7 Å². The standard InChI is InChI=1S/C12H20BrN3O2/c1-17-7-5-16-11(14-15-12(16)9-13)8-10-4-2-3-6-18-10/h10H,2-9H2,1H3. The highest BCUT2D eigenvalue weighted by Gasteiger charge is 2.19. The minimum atomic E-state index is 0.299. The topological polar surface area (TPSA) is 49.2 Å². The molecular weight excluding hydrogens is 298 g/mol. The summed E-state index contributed by atoms with van der Waals surface area (Å²) in [7, 11) is 1.71. The number of aromatic nitrogens is 3. The van der Waals surface area contributed by atoms with Gasteiger partial charge in [0.2, 0.25) is 0 Å². The van der Waals surface area contributed by atoms with Crippen LogP contribution >= 0.6 is 15.9 Å². The fraction of sp³-hybridized carbons (Fsp3) is 0.833. The van der Waals surface area contributed by atoms with Crippen molar-refractivity contribution < 1.29 is 9.47 Å². The van der Waals surface area contributed by atoms with Crippen molar-refractivity contribution in [2.45, 2.75) is 43.7 Å². The fourth-order valence-corrected chi connectivity index (χ4v) is 2.65. The van der Waals surface area contributed by atoms with E-state index in [1.807, 2.05) is 0 Å². The summed E-state index contributed by atoms with van der Waals surface area (Å²) < 4.78 is 13.0. The van der Waals surface area contributed by atoms with E-state index in [-0.39, 0.29) is 0 Å². The summed E-state index contributed by atoms with van der Waals surface area (Å²) >= 11 is 3.44. The smallest absolute Gasteiger partial charge is 0.143 e. The predicted molar refractivity (Wildman–Crippen MR) is 71.8 cm³/mol. The van der Waals surface area contributed by atoms with Gasteiger partial charge in [-0.2, -0.15) is 0 Å². The van der Waals surface area contributed by atoms with Gasteiger partial charge < -0.3 is 14.0 Å². The summed E-state index contributed by atoms with van der Waals surface area (Å²) in [6.07, 6.45) is 4.71. The summed E-state index contributed by atoms with van der Waals surface area (Å²) in [5, 5.41) is 9.21. The van der Waals surface area contributed by atoms with Gasteiger partial charge in [0.05, 0.1) is 18.0 Å². The van der Waals surface area contributed by atoms with Gasteiger partial charge in [-0.15, -0.1) is 10.2 Å². The Morgan fingerprint density at radius 1 is 1.39 bits per heavy atom. The first-order valence-electron chi connectivity index (χ1n) is 6.42. The van der Waals surface area contributed by atoms with Crippen LogP contribution in [0.2, 0.25) is 0 Å². The lowest BCUT2D eigenvalue weighted by molar-refractivity contribution is 0.0149. The Kier molecular flexibility index (Phi) is 5.59. The normalized spacial score (nSPS) is 20.2. The lowest BCUT2D eigenvalue weighted by atomic mass is 10.1. The largest absolute Gasteiger partial charge is 0.383 e. The minimum Gasteiger partial charge on any atom is -0.383 e. The summed E-state index contributed by atoms with van der Waals surface area (Å²) in [5.41, 5.74) is 0. The number of alkyl halides is 1. The Bertz CT molecular complexity index is 364. The predicted octanol–water partition coefficient (Wildman–Crippen LogP) is 1.93. The average Bonchev–Trinajstić information content (AvgIpc) is 2.79. The molecule has 18 heavy (non-hydrogen) atoms. The van der Waals surface area contributed by atoms with Crippen molar-refractivity contribution in [3.05, 3.63) is 11.6 Å². The van der Waals surface area contributed by atoms with Crippen LogP contribution in [0.3, 0.4) is 0 Å². The van der Waals surface area contributed by atoms with E-state index in [0.29, 0.717) is 12.7 Å². The lowest BCUT2D eigenvalue weighted by Crippen LogP contribution is -2.24. The Morgan fingerprint density at radius 2 is 2.22 bits per heavy atom. The maximum absolute atomic E-state index is 5.76. The zero-order chi connectivity index (χ0) is 12.8. The van der Waals surface area contributed by atoms with Crippen LogP contribution in [0.25, 0.3) is 0 Å². The summed E-state index contributed by atoms with van der Waals surface area (Å²) in [6, 6.07) is 0. The maximum atomic E-state index is 5.76. The first kappa shape index (κ1) is 14.0. The SMILES string of the molecule is COCCn1c(CBr)nnc1CC1CCCCO1. The van der Waals surface area contributed by atoms with Gasteiger partial charge in [0.15, 0.2) is 0 Å². The number of hydrogen-bond acceptors (Lipinski definition) is 4. The summed E-state index contributed by atoms with van der Waals surface area (Å²) in [6.45, 7) is 2.35. The molecule has 1 aromatic rings. The Hall–Kier alpha value is -0.460. The van der Waals surface area contributed by atoms with Crippen LogP contribution < -0.4 is 0 Å². The van der Waals surface area contributed by atoms with E-state index in [4.69, 9.17) is 9.47 Å². The van der Waals surface area contributed by atoms with Crippen LogP contribution in [0.1, 0.15) is 30.9 Å². The summed E-state index contributed by atoms with van der Waals surface area (Å²) in [4.78, 5) is 0. The molecule has 0 aliphatic carbocycles. The highest BCUT2D eigenvalue weighted by molar-refractivity contribution is 9.08. The molecule has 2 rings (SSSR count). The number of hydrogen-bond donors (Lipinski definition) is 0. The van der Waals surface area contributed by atoms with Crippen LogP contribution in [0, 0.1) is 0 Å². The Morgan fingerprint density at radius 3 is 2.89 bits per heavy atom. The number of rotatable bonds is 6. The van der Waals surface area contributed by atoms with Gasteiger partial charge >= 0.3 is 0 Å². The molecular formula is C12H20BrN3O2. The third kappa shape index (κ3) is 3.52. The third-order valence-electron chi connectivity index (χ3n) is 3.23. The molecule has 1 aliphatic rings. The van der Waals surface area contributed by atoms with Crippen molar-refractivity contribution in [3.63, 3.8) is 0 Å². The molecule has 1 atom stereocenters. The van der Waals surface area contributed by atoms with Crippen molar-refractivity contribution in [1.29, 1.82) is 0 Å². The molecule has 5 nitrogen and oxygen atoms in total. The van der Waals surface area contributed by atoms with Crippen LogP contribution in [-0.4, -0.2) is 41.2 Å². The van der Waals surface area contributed by atoms with Crippen molar-refractivity contribution in [2.24, 2.45) is 0 Å². The molecule has 0 N–H and O–H groups in total. The minimum absolute atomic E-state index is 0.299.